The van der Waals surface area contributed by atoms with Gasteiger partial charge in [0.25, 0.3) is 0 Å². The van der Waals surface area contributed by atoms with Crippen LogP contribution in [-0.4, -0.2) is 14.7 Å². The molecule has 0 unspecified atom stereocenters. The summed E-state index contributed by atoms with van der Waals surface area (Å²) in [4.78, 5) is 4.49. The van der Waals surface area contributed by atoms with Gasteiger partial charge in [0.1, 0.15) is 0 Å². The molecule has 2 aromatic carbocycles. The zero-order valence-electron chi connectivity index (χ0n) is 13.8. The number of phenols is 1. The van der Waals surface area contributed by atoms with Gasteiger partial charge >= 0.3 is 0 Å². The maximum Gasteiger partial charge on any atom is 0.169 e. The van der Waals surface area contributed by atoms with Crippen LogP contribution < -0.4 is 5.73 Å². The van der Waals surface area contributed by atoms with E-state index < -0.39 is 5.82 Å². The Hall–Kier alpha value is -3.08. The Bertz CT molecular complexity index is 887. The number of nitrogens with two attached hydrogens (primary N) is 1. The zero-order valence-corrected chi connectivity index (χ0v) is 13.8. The van der Waals surface area contributed by atoms with Crippen LogP contribution in [0.1, 0.15) is 22.5 Å². The third-order valence-corrected chi connectivity index (χ3v) is 4.04. The van der Waals surface area contributed by atoms with Crippen LogP contribution in [0.3, 0.4) is 0 Å². The van der Waals surface area contributed by atoms with Crippen molar-refractivity contribution in [3.05, 3.63) is 95.5 Å². The minimum absolute atomic E-state index is 0.268. The molecule has 1 heterocycles. The van der Waals surface area contributed by atoms with E-state index in [2.05, 4.69) is 11.6 Å². The topological polar surface area (TPSA) is 64.1 Å². The van der Waals surface area contributed by atoms with Crippen LogP contribution in [0.2, 0.25) is 0 Å². The maximum atomic E-state index is 14.1. The Morgan fingerprint density at radius 1 is 1.16 bits per heavy atom. The van der Waals surface area contributed by atoms with E-state index in [-0.39, 0.29) is 12.3 Å². The SMILES string of the molecule is C=C(N)Cc1c(Cc2ccccc2)ncn1Cc1cccc(O)c1F. The molecule has 0 aliphatic rings. The second kappa shape index (κ2) is 7.21. The van der Waals surface area contributed by atoms with Crippen molar-refractivity contribution in [2.24, 2.45) is 5.73 Å². The third kappa shape index (κ3) is 3.88. The van der Waals surface area contributed by atoms with Crippen molar-refractivity contribution in [2.45, 2.75) is 19.4 Å². The highest BCUT2D eigenvalue weighted by molar-refractivity contribution is 5.32. The lowest BCUT2D eigenvalue weighted by molar-refractivity contribution is 0.427. The van der Waals surface area contributed by atoms with E-state index in [9.17, 15) is 9.50 Å². The monoisotopic (exact) mass is 337 g/mol. The number of benzene rings is 2. The zero-order chi connectivity index (χ0) is 17.8. The first-order valence-electron chi connectivity index (χ1n) is 8.01. The number of allylic oxidation sites excluding steroid dienone is 1. The molecule has 3 aromatic rings. The molecule has 25 heavy (non-hydrogen) atoms. The van der Waals surface area contributed by atoms with Crippen LogP contribution in [0.5, 0.6) is 5.75 Å². The quantitative estimate of drug-likeness (QED) is 0.725. The molecule has 128 valence electrons. The first-order valence-corrected chi connectivity index (χ1v) is 8.01. The molecule has 3 rings (SSSR count). The summed E-state index contributed by atoms with van der Waals surface area (Å²) in [6, 6.07) is 14.6. The summed E-state index contributed by atoms with van der Waals surface area (Å²) in [5.41, 5.74) is 9.66. The molecule has 5 heteroatoms. The molecule has 0 amide bonds. The van der Waals surface area contributed by atoms with Crippen molar-refractivity contribution in [2.75, 3.05) is 0 Å². The lowest BCUT2D eigenvalue weighted by Gasteiger charge is -2.11. The molecular formula is C20H20FN3O. The molecule has 0 spiro atoms. The first kappa shape index (κ1) is 16.8. The van der Waals surface area contributed by atoms with Gasteiger partial charge in [0.15, 0.2) is 11.6 Å². The molecule has 0 aliphatic heterocycles. The third-order valence-electron chi connectivity index (χ3n) is 4.04. The molecular weight excluding hydrogens is 317 g/mol. The van der Waals surface area contributed by atoms with Crippen molar-refractivity contribution < 1.29 is 9.50 Å². The van der Waals surface area contributed by atoms with Crippen LogP contribution in [0.15, 0.2) is 67.1 Å². The predicted molar refractivity (Wildman–Crippen MR) is 95.7 cm³/mol. The van der Waals surface area contributed by atoms with Crippen LogP contribution in [0.25, 0.3) is 0 Å². The Balaban J connectivity index is 1.93. The predicted octanol–water partition coefficient (Wildman–Crippen LogP) is 3.38. The fourth-order valence-corrected chi connectivity index (χ4v) is 2.81. The fourth-order valence-electron chi connectivity index (χ4n) is 2.81. The average Bonchev–Trinajstić information content (AvgIpc) is 2.94. The van der Waals surface area contributed by atoms with Gasteiger partial charge in [0.05, 0.1) is 18.6 Å². The lowest BCUT2D eigenvalue weighted by Crippen LogP contribution is -2.10. The summed E-state index contributed by atoms with van der Waals surface area (Å²) in [7, 11) is 0. The fraction of sp³-hybridized carbons (Fsp3) is 0.150. The Kier molecular flexibility index (Phi) is 4.84. The molecule has 0 saturated carbocycles. The van der Waals surface area contributed by atoms with E-state index in [1.165, 1.54) is 6.07 Å². The minimum Gasteiger partial charge on any atom is -0.505 e. The van der Waals surface area contributed by atoms with Crippen molar-refractivity contribution in [3.8, 4) is 5.75 Å². The summed E-state index contributed by atoms with van der Waals surface area (Å²) in [5, 5.41) is 9.56. The molecule has 0 aliphatic carbocycles. The van der Waals surface area contributed by atoms with Gasteiger partial charge in [-0.25, -0.2) is 9.37 Å². The number of hydrogen-bond acceptors (Lipinski definition) is 3. The van der Waals surface area contributed by atoms with E-state index >= 15 is 0 Å². The van der Waals surface area contributed by atoms with Gasteiger partial charge in [0.2, 0.25) is 0 Å². The van der Waals surface area contributed by atoms with Gasteiger partial charge in [-0.1, -0.05) is 49.0 Å². The Labute approximate surface area is 146 Å². The van der Waals surface area contributed by atoms with E-state index in [4.69, 9.17) is 5.73 Å². The number of hydrogen-bond donors (Lipinski definition) is 2. The van der Waals surface area contributed by atoms with Gasteiger partial charge in [-0.05, 0) is 11.6 Å². The van der Waals surface area contributed by atoms with E-state index in [0.29, 0.717) is 24.1 Å². The molecule has 0 bridgehead atoms. The lowest BCUT2D eigenvalue weighted by atomic mass is 10.1. The molecule has 1 aromatic heterocycles. The molecule has 0 radical (unpaired) electrons. The van der Waals surface area contributed by atoms with Crippen LogP contribution in [0.4, 0.5) is 4.39 Å². The highest BCUT2D eigenvalue weighted by Crippen LogP contribution is 2.22. The second-order valence-corrected chi connectivity index (χ2v) is 6.01. The van der Waals surface area contributed by atoms with Crippen LogP contribution >= 0.6 is 0 Å². The highest BCUT2D eigenvalue weighted by Gasteiger charge is 2.15. The summed E-state index contributed by atoms with van der Waals surface area (Å²) >= 11 is 0. The molecule has 3 N–H and O–H groups in total. The van der Waals surface area contributed by atoms with Crippen molar-refractivity contribution in [1.29, 1.82) is 0 Å². The summed E-state index contributed by atoms with van der Waals surface area (Å²) in [5.74, 6) is -0.967. The standard InChI is InChI=1S/C20H20FN3O/c1-14(22)10-18-17(11-15-6-3-2-4-7-15)23-13-24(18)12-16-8-5-9-19(25)20(16)21/h2-9,13,25H,1,10-12,22H2. The normalized spacial score (nSPS) is 10.8. The largest absolute Gasteiger partial charge is 0.505 e. The number of imidazole rings is 1. The van der Waals surface area contributed by atoms with Crippen molar-refractivity contribution in [1.82, 2.24) is 9.55 Å². The van der Waals surface area contributed by atoms with Gasteiger partial charge in [0, 0.05) is 29.8 Å². The average molecular weight is 337 g/mol. The number of aromatic hydroxyl groups is 1. The van der Waals surface area contributed by atoms with Gasteiger partial charge in [-0.2, -0.15) is 0 Å². The molecule has 0 saturated heterocycles. The van der Waals surface area contributed by atoms with Gasteiger partial charge < -0.3 is 15.4 Å². The Morgan fingerprint density at radius 3 is 2.64 bits per heavy atom. The van der Waals surface area contributed by atoms with Crippen molar-refractivity contribution in [3.63, 3.8) is 0 Å². The maximum absolute atomic E-state index is 14.1. The smallest absolute Gasteiger partial charge is 0.169 e. The van der Waals surface area contributed by atoms with Crippen LogP contribution in [-0.2, 0) is 19.4 Å². The molecule has 4 nitrogen and oxygen atoms in total. The summed E-state index contributed by atoms with van der Waals surface area (Å²) in [6.45, 7) is 4.05. The Morgan fingerprint density at radius 2 is 1.92 bits per heavy atom. The molecule has 0 atom stereocenters. The highest BCUT2D eigenvalue weighted by atomic mass is 19.1. The minimum atomic E-state index is -0.613. The number of halogens is 1. The summed E-state index contributed by atoms with van der Waals surface area (Å²) in [6.07, 6.45) is 2.81. The van der Waals surface area contributed by atoms with E-state index in [1.807, 2.05) is 34.9 Å². The van der Waals surface area contributed by atoms with Crippen molar-refractivity contribution >= 4 is 0 Å². The van der Waals surface area contributed by atoms with Gasteiger partial charge in [-0.3, -0.25) is 0 Å². The number of aromatic nitrogens is 2. The second-order valence-electron chi connectivity index (χ2n) is 6.01. The van der Waals surface area contributed by atoms with Gasteiger partial charge in [-0.15, -0.1) is 0 Å². The first-order chi connectivity index (χ1) is 12.0. The number of phenolic OH excluding ortho intramolecular Hbond substituents is 1. The van der Waals surface area contributed by atoms with E-state index in [0.717, 1.165) is 17.0 Å². The van der Waals surface area contributed by atoms with Crippen LogP contribution in [0, 0.1) is 5.82 Å². The number of rotatable bonds is 6. The number of nitrogens with zero attached hydrogens (tertiary/aromatic N) is 2. The van der Waals surface area contributed by atoms with E-state index in [1.54, 1.807) is 18.5 Å². The summed E-state index contributed by atoms with van der Waals surface area (Å²) < 4.78 is 16.0. The molecule has 0 fully saturated rings.